The van der Waals surface area contributed by atoms with Gasteiger partial charge in [0.05, 0.1) is 6.10 Å². The number of nitrogens with two attached hydrogens (primary N) is 1. The van der Waals surface area contributed by atoms with Crippen LogP contribution in [0.1, 0.15) is 31.2 Å². The molecule has 0 heterocycles. The molecule has 0 amide bonds. The van der Waals surface area contributed by atoms with Gasteiger partial charge in [-0.1, -0.05) is 12.1 Å². The standard InChI is InChI=1S/C13H16FNO/c14-13(7-10(15)8-13)9-1-3-11(4-2-9)16-12-5-6-12/h1-4,10,12H,5-8,15H2. The van der Waals surface area contributed by atoms with E-state index in [9.17, 15) is 4.39 Å². The number of benzene rings is 1. The monoisotopic (exact) mass is 221 g/mol. The van der Waals surface area contributed by atoms with Gasteiger partial charge in [-0.25, -0.2) is 4.39 Å². The van der Waals surface area contributed by atoms with Crippen molar-refractivity contribution in [2.24, 2.45) is 5.73 Å². The van der Waals surface area contributed by atoms with E-state index in [2.05, 4.69) is 0 Å². The molecule has 0 spiro atoms. The Labute approximate surface area is 94.6 Å². The lowest BCUT2D eigenvalue weighted by atomic mass is 9.73. The third-order valence-corrected chi connectivity index (χ3v) is 3.37. The second-order valence-corrected chi connectivity index (χ2v) is 4.98. The van der Waals surface area contributed by atoms with Crippen LogP contribution in [0.3, 0.4) is 0 Å². The van der Waals surface area contributed by atoms with Crippen molar-refractivity contribution in [3.8, 4) is 5.75 Å². The zero-order valence-electron chi connectivity index (χ0n) is 9.16. The Morgan fingerprint density at radius 1 is 1.19 bits per heavy atom. The van der Waals surface area contributed by atoms with Gasteiger partial charge >= 0.3 is 0 Å². The van der Waals surface area contributed by atoms with Gasteiger partial charge in [0.25, 0.3) is 0 Å². The number of alkyl halides is 1. The van der Waals surface area contributed by atoms with Crippen LogP contribution in [0.15, 0.2) is 24.3 Å². The van der Waals surface area contributed by atoms with E-state index in [-0.39, 0.29) is 6.04 Å². The molecule has 2 nitrogen and oxygen atoms in total. The second kappa shape index (κ2) is 3.45. The highest BCUT2D eigenvalue weighted by molar-refractivity contribution is 5.33. The summed E-state index contributed by atoms with van der Waals surface area (Å²) >= 11 is 0. The minimum absolute atomic E-state index is 0.0207. The molecule has 2 saturated carbocycles. The lowest BCUT2D eigenvalue weighted by Gasteiger charge is -2.39. The summed E-state index contributed by atoms with van der Waals surface area (Å²) in [6.07, 6.45) is 3.56. The van der Waals surface area contributed by atoms with E-state index in [0.717, 1.165) is 24.2 Å². The van der Waals surface area contributed by atoms with Crippen molar-refractivity contribution in [3.05, 3.63) is 29.8 Å². The van der Waals surface area contributed by atoms with Gasteiger partial charge < -0.3 is 10.5 Å². The molecule has 86 valence electrons. The van der Waals surface area contributed by atoms with Crippen molar-refractivity contribution < 1.29 is 9.13 Å². The summed E-state index contributed by atoms with van der Waals surface area (Å²) in [5.41, 5.74) is 5.17. The maximum absolute atomic E-state index is 14.2. The van der Waals surface area contributed by atoms with Crippen molar-refractivity contribution in [2.45, 2.75) is 43.5 Å². The van der Waals surface area contributed by atoms with Gasteiger partial charge in [0, 0.05) is 18.9 Å². The maximum Gasteiger partial charge on any atom is 0.139 e. The quantitative estimate of drug-likeness (QED) is 0.851. The first-order valence-corrected chi connectivity index (χ1v) is 5.87. The number of rotatable bonds is 3. The largest absolute Gasteiger partial charge is 0.490 e. The molecule has 0 aromatic heterocycles. The predicted octanol–water partition coefficient (Wildman–Crippen LogP) is 2.51. The fourth-order valence-electron chi connectivity index (χ4n) is 2.22. The minimum atomic E-state index is -1.20. The van der Waals surface area contributed by atoms with Crippen LogP contribution < -0.4 is 10.5 Å². The average molecular weight is 221 g/mol. The Balaban J connectivity index is 1.71. The molecule has 0 saturated heterocycles. The molecule has 16 heavy (non-hydrogen) atoms. The molecule has 0 bridgehead atoms. The molecular formula is C13H16FNO. The van der Waals surface area contributed by atoms with Crippen molar-refractivity contribution in [3.63, 3.8) is 0 Å². The molecule has 2 N–H and O–H groups in total. The Hall–Kier alpha value is -1.09. The first-order chi connectivity index (χ1) is 7.66. The highest BCUT2D eigenvalue weighted by Gasteiger charge is 2.44. The molecule has 1 aromatic carbocycles. The molecule has 0 atom stereocenters. The van der Waals surface area contributed by atoms with Gasteiger partial charge in [-0.3, -0.25) is 0 Å². The molecular weight excluding hydrogens is 205 g/mol. The summed E-state index contributed by atoms with van der Waals surface area (Å²) in [5, 5.41) is 0. The molecule has 3 rings (SSSR count). The summed E-state index contributed by atoms with van der Waals surface area (Å²) in [6.45, 7) is 0. The SMILES string of the molecule is NC1CC(F)(c2ccc(OC3CC3)cc2)C1. The predicted molar refractivity (Wildman–Crippen MR) is 60.1 cm³/mol. The van der Waals surface area contributed by atoms with Gasteiger partial charge in [0.15, 0.2) is 0 Å². The molecule has 1 aromatic rings. The number of ether oxygens (including phenoxy) is 1. The third-order valence-electron chi connectivity index (χ3n) is 3.37. The summed E-state index contributed by atoms with van der Waals surface area (Å²) in [6, 6.07) is 7.39. The number of halogens is 1. The topological polar surface area (TPSA) is 35.2 Å². The zero-order valence-corrected chi connectivity index (χ0v) is 9.16. The fraction of sp³-hybridized carbons (Fsp3) is 0.538. The molecule has 2 aliphatic carbocycles. The first kappa shape index (κ1) is 10.1. The van der Waals surface area contributed by atoms with E-state index in [4.69, 9.17) is 10.5 Å². The highest BCUT2D eigenvalue weighted by atomic mass is 19.1. The lowest BCUT2D eigenvalue weighted by molar-refractivity contribution is 0.0405. The van der Waals surface area contributed by atoms with Crippen LogP contribution in [0, 0.1) is 0 Å². The van der Waals surface area contributed by atoms with Crippen LogP contribution in [0.4, 0.5) is 4.39 Å². The molecule has 2 fully saturated rings. The van der Waals surface area contributed by atoms with Crippen LogP contribution in [0.25, 0.3) is 0 Å². The molecule has 0 aliphatic heterocycles. The van der Waals surface area contributed by atoms with E-state index in [1.165, 1.54) is 0 Å². The van der Waals surface area contributed by atoms with E-state index < -0.39 is 5.67 Å². The van der Waals surface area contributed by atoms with Gasteiger partial charge in [0.1, 0.15) is 11.4 Å². The van der Waals surface area contributed by atoms with Crippen LogP contribution in [-0.2, 0) is 5.67 Å². The summed E-state index contributed by atoms with van der Waals surface area (Å²) in [4.78, 5) is 0. The third kappa shape index (κ3) is 1.80. The first-order valence-electron chi connectivity index (χ1n) is 5.87. The van der Waals surface area contributed by atoms with E-state index in [1.54, 1.807) is 0 Å². The smallest absolute Gasteiger partial charge is 0.139 e. The second-order valence-electron chi connectivity index (χ2n) is 4.98. The van der Waals surface area contributed by atoms with Crippen molar-refractivity contribution in [1.82, 2.24) is 0 Å². The molecule has 0 unspecified atom stereocenters. The lowest BCUT2D eigenvalue weighted by Crippen LogP contribution is -2.46. The van der Waals surface area contributed by atoms with Gasteiger partial charge in [-0.05, 0) is 30.5 Å². The normalized spacial score (nSPS) is 33.2. The van der Waals surface area contributed by atoms with Crippen molar-refractivity contribution >= 4 is 0 Å². The molecule has 0 radical (unpaired) electrons. The Bertz CT molecular complexity index is 379. The molecule has 2 aliphatic rings. The van der Waals surface area contributed by atoms with Crippen LogP contribution in [-0.4, -0.2) is 12.1 Å². The molecule has 3 heteroatoms. The van der Waals surface area contributed by atoms with Crippen molar-refractivity contribution in [1.29, 1.82) is 0 Å². The highest BCUT2D eigenvalue weighted by Crippen LogP contribution is 2.44. The Morgan fingerprint density at radius 3 is 2.31 bits per heavy atom. The summed E-state index contributed by atoms with van der Waals surface area (Å²) < 4.78 is 19.8. The van der Waals surface area contributed by atoms with Gasteiger partial charge in [-0.2, -0.15) is 0 Å². The number of hydrogen-bond acceptors (Lipinski definition) is 2. The summed E-state index contributed by atoms with van der Waals surface area (Å²) in [5.74, 6) is 0.846. The van der Waals surface area contributed by atoms with E-state index in [1.807, 2.05) is 24.3 Å². The van der Waals surface area contributed by atoms with Crippen molar-refractivity contribution in [2.75, 3.05) is 0 Å². The van der Waals surface area contributed by atoms with Gasteiger partial charge in [0.2, 0.25) is 0 Å². The fourth-order valence-corrected chi connectivity index (χ4v) is 2.22. The van der Waals surface area contributed by atoms with E-state index in [0.29, 0.717) is 18.9 Å². The van der Waals surface area contributed by atoms with Crippen LogP contribution in [0.5, 0.6) is 5.75 Å². The van der Waals surface area contributed by atoms with E-state index >= 15 is 0 Å². The average Bonchev–Trinajstić information content (AvgIpc) is 3.01. The Morgan fingerprint density at radius 2 is 1.81 bits per heavy atom. The Kier molecular flexibility index (Phi) is 2.18. The van der Waals surface area contributed by atoms with Crippen LogP contribution in [0.2, 0.25) is 0 Å². The maximum atomic E-state index is 14.2. The summed E-state index contributed by atoms with van der Waals surface area (Å²) in [7, 11) is 0. The number of hydrogen-bond donors (Lipinski definition) is 1. The van der Waals surface area contributed by atoms with Crippen LogP contribution >= 0.6 is 0 Å². The minimum Gasteiger partial charge on any atom is -0.490 e. The zero-order chi connectivity index (χ0) is 11.2. The van der Waals surface area contributed by atoms with Gasteiger partial charge in [-0.15, -0.1) is 0 Å².